The summed E-state index contributed by atoms with van der Waals surface area (Å²) < 4.78 is 47.2. The predicted molar refractivity (Wildman–Crippen MR) is 75.8 cm³/mol. The summed E-state index contributed by atoms with van der Waals surface area (Å²) in [5.41, 5.74) is 2.88. The predicted octanol–water partition coefficient (Wildman–Crippen LogP) is 3.44. The maximum Gasteiger partial charge on any atom is 0.573 e. The van der Waals surface area contributed by atoms with Gasteiger partial charge in [0.2, 0.25) is 0 Å². The van der Waals surface area contributed by atoms with Crippen LogP contribution in [0.2, 0.25) is 0 Å². The van der Waals surface area contributed by atoms with Crippen LogP contribution in [0.3, 0.4) is 0 Å². The summed E-state index contributed by atoms with van der Waals surface area (Å²) in [5.74, 6) is -0.272. The lowest BCUT2D eigenvalue weighted by molar-refractivity contribution is -0.274. The highest BCUT2D eigenvalue weighted by Crippen LogP contribution is 2.26. The molecular formula is C15H12F3N3O2. The van der Waals surface area contributed by atoms with Crippen LogP contribution in [0.15, 0.2) is 43.0 Å². The quantitative estimate of drug-likeness (QED) is 0.738. The highest BCUT2D eigenvalue weighted by Gasteiger charge is 2.30. The number of hydrogen-bond acceptors (Lipinski definition) is 4. The molecule has 0 saturated heterocycles. The van der Waals surface area contributed by atoms with Gasteiger partial charge in [-0.25, -0.2) is 9.97 Å². The fourth-order valence-electron chi connectivity index (χ4n) is 2.18. The normalized spacial score (nSPS) is 11.8. The Labute approximate surface area is 129 Å². The minimum Gasteiger partial charge on any atom is -0.406 e. The Morgan fingerprint density at radius 1 is 1.09 bits per heavy atom. The molecule has 0 amide bonds. The third-order valence-corrected chi connectivity index (χ3v) is 3.17. The SMILES string of the molecule is COCc1ncn2cnc(-c3ccc(OC(F)(F)F)cc3)cc12. The molecule has 0 atom stereocenters. The topological polar surface area (TPSA) is 48.7 Å². The summed E-state index contributed by atoms with van der Waals surface area (Å²) >= 11 is 0. The van der Waals surface area contributed by atoms with Crippen molar-refractivity contribution in [2.24, 2.45) is 0 Å². The van der Waals surface area contributed by atoms with Crippen LogP contribution >= 0.6 is 0 Å². The van der Waals surface area contributed by atoms with Gasteiger partial charge in [-0.05, 0) is 30.3 Å². The first-order valence-corrected chi connectivity index (χ1v) is 6.63. The molecule has 2 aromatic heterocycles. The molecule has 23 heavy (non-hydrogen) atoms. The second-order valence-corrected chi connectivity index (χ2v) is 4.76. The first-order chi connectivity index (χ1) is 11.0. The van der Waals surface area contributed by atoms with Gasteiger partial charge in [0, 0.05) is 12.7 Å². The van der Waals surface area contributed by atoms with E-state index in [1.165, 1.54) is 24.3 Å². The van der Waals surface area contributed by atoms with E-state index in [0.717, 1.165) is 11.2 Å². The molecule has 2 heterocycles. The van der Waals surface area contributed by atoms with Crippen molar-refractivity contribution in [3.05, 3.63) is 48.7 Å². The first-order valence-electron chi connectivity index (χ1n) is 6.63. The summed E-state index contributed by atoms with van der Waals surface area (Å²) in [7, 11) is 1.58. The lowest BCUT2D eigenvalue weighted by atomic mass is 10.1. The summed E-state index contributed by atoms with van der Waals surface area (Å²) in [6, 6.07) is 7.35. The minimum atomic E-state index is -4.70. The van der Waals surface area contributed by atoms with Crippen LogP contribution in [-0.2, 0) is 11.3 Å². The van der Waals surface area contributed by atoms with Crippen molar-refractivity contribution in [2.45, 2.75) is 13.0 Å². The zero-order valence-corrected chi connectivity index (χ0v) is 12.0. The third kappa shape index (κ3) is 3.42. The number of rotatable bonds is 4. The average molecular weight is 323 g/mol. The van der Waals surface area contributed by atoms with Crippen LogP contribution < -0.4 is 4.74 Å². The van der Waals surface area contributed by atoms with Crippen LogP contribution in [-0.4, -0.2) is 27.8 Å². The number of ether oxygens (including phenoxy) is 2. The van der Waals surface area contributed by atoms with Crippen LogP contribution in [0.1, 0.15) is 5.69 Å². The van der Waals surface area contributed by atoms with Gasteiger partial charge in [-0.15, -0.1) is 13.2 Å². The van der Waals surface area contributed by atoms with E-state index < -0.39 is 6.36 Å². The second-order valence-electron chi connectivity index (χ2n) is 4.76. The number of alkyl halides is 3. The van der Waals surface area contributed by atoms with E-state index in [1.807, 2.05) is 0 Å². The molecule has 0 unspecified atom stereocenters. The smallest absolute Gasteiger partial charge is 0.406 e. The summed E-state index contributed by atoms with van der Waals surface area (Å²) in [6.07, 6.45) is -1.48. The van der Waals surface area contributed by atoms with E-state index in [-0.39, 0.29) is 5.75 Å². The van der Waals surface area contributed by atoms with Crippen molar-refractivity contribution < 1.29 is 22.6 Å². The van der Waals surface area contributed by atoms with E-state index in [4.69, 9.17) is 4.74 Å². The molecule has 3 aromatic rings. The van der Waals surface area contributed by atoms with Crippen molar-refractivity contribution in [1.82, 2.24) is 14.4 Å². The minimum absolute atomic E-state index is 0.272. The summed E-state index contributed by atoms with van der Waals surface area (Å²) in [5, 5.41) is 0. The molecule has 0 aliphatic carbocycles. The Hall–Kier alpha value is -2.61. The van der Waals surface area contributed by atoms with Crippen molar-refractivity contribution in [3.8, 4) is 17.0 Å². The molecule has 0 N–H and O–H groups in total. The molecule has 0 aliphatic rings. The molecule has 0 radical (unpaired) electrons. The fraction of sp³-hybridized carbons (Fsp3) is 0.200. The Kier molecular flexibility index (Phi) is 3.91. The maximum absolute atomic E-state index is 12.2. The number of nitrogens with zero attached hydrogens (tertiary/aromatic N) is 3. The monoisotopic (exact) mass is 323 g/mol. The second kappa shape index (κ2) is 5.88. The van der Waals surface area contributed by atoms with Gasteiger partial charge >= 0.3 is 6.36 Å². The van der Waals surface area contributed by atoms with Gasteiger partial charge in [0.15, 0.2) is 0 Å². The molecule has 0 bridgehead atoms. The van der Waals surface area contributed by atoms with E-state index in [2.05, 4.69) is 14.7 Å². The van der Waals surface area contributed by atoms with Crippen LogP contribution in [0.25, 0.3) is 16.8 Å². The van der Waals surface area contributed by atoms with Crippen molar-refractivity contribution in [3.63, 3.8) is 0 Å². The van der Waals surface area contributed by atoms with E-state index in [1.54, 1.807) is 30.2 Å². The van der Waals surface area contributed by atoms with Crippen molar-refractivity contribution in [2.75, 3.05) is 7.11 Å². The van der Waals surface area contributed by atoms with Crippen LogP contribution in [0, 0.1) is 0 Å². The number of methoxy groups -OCH3 is 1. The number of benzene rings is 1. The van der Waals surface area contributed by atoms with Gasteiger partial charge in [0.1, 0.15) is 18.4 Å². The lowest BCUT2D eigenvalue weighted by Gasteiger charge is -2.09. The Balaban J connectivity index is 1.91. The van der Waals surface area contributed by atoms with Gasteiger partial charge in [-0.1, -0.05) is 0 Å². The zero-order chi connectivity index (χ0) is 16.4. The van der Waals surface area contributed by atoms with E-state index in [0.29, 0.717) is 17.9 Å². The van der Waals surface area contributed by atoms with Gasteiger partial charge < -0.3 is 9.47 Å². The average Bonchev–Trinajstić information content (AvgIpc) is 2.89. The highest BCUT2D eigenvalue weighted by atomic mass is 19.4. The van der Waals surface area contributed by atoms with E-state index in [9.17, 15) is 13.2 Å². The summed E-state index contributed by atoms with van der Waals surface area (Å²) in [4.78, 5) is 8.50. The van der Waals surface area contributed by atoms with Crippen LogP contribution in [0.4, 0.5) is 13.2 Å². The van der Waals surface area contributed by atoms with E-state index >= 15 is 0 Å². The van der Waals surface area contributed by atoms with Gasteiger partial charge in [0.25, 0.3) is 0 Å². The van der Waals surface area contributed by atoms with Gasteiger partial charge in [-0.3, -0.25) is 4.40 Å². The number of aromatic nitrogens is 3. The standard InChI is InChI=1S/C15H12F3N3O2/c1-22-7-13-14-6-12(19-8-21(14)9-20-13)10-2-4-11(5-3-10)23-15(16,17)18/h2-6,8-9H,7H2,1H3. The third-order valence-electron chi connectivity index (χ3n) is 3.17. The van der Waals surface area contributed by atoms with Gasteiger partial charge in [0.05, 0.1) is 23.5 Å². The molecule has 3 rings (SSSR count). The molecule has 0 spiro atoms. The molecule has 0 aliphatic heterocycles. The molecule has 0 saturated carbocycles. The summed E-state index contributed by atoms with van der Waals surface area (Å²) in [6.45, 7) is 0.359. The highest BCUT2D eigenvalue weighted by molar-refractivity contribution is 5.67. The fourth-order valence-corrected chi connectivity index (χ4v) is 2.18. The molecule has 1 aromatic carbocycles. The Morgan fingerprint density at radius 2 is 1.78 bits per heavy atom. The Bertz CT molecular complexity index is 813. The largest absolute Gasteiger partial charge is 0.573 e. The number of fused-ring (bicyclic) bond motifs is 1. The van der Waals surface area contributed by atoms with Crippen LogP contribution in [0.5, 0.6) is 5.75 Å². The molecular weight excluding hydrogens is 311 g/mol. The van der Waals surface area contributed by atoms with Gasteiger partial charge in [-0.2, -0.15) is 0 Å². The lowest BCUT2D eigenvalue weighted by Crippen LogP contribution is -2.16. The number of imidazole rings is 1. The zero-order valence-electron chi connectivity index (χ0n) is 12.0. The molecule has 120 valence electrons. The first kappa shape index (κ1) is 15.3. The molecule has 8 heteroatoms. The Morgan fingerprint density at radius 3 is 2.43 bits per heavy atom. The van der Waals surface area contributed by atoms with Crippen molar-refractivity contribution in [1.29, 1.82) is 0 Å². The van der Waals surface area contributed by atoms with Crippen molar-refractivity contribution >= 4 is 5.52 Å². The maximum atomic E-state index is 12.2. The molecule has 5 nitrogen and oxygen atoms in total. The number of halogens is 3. The number of hydrogen-bond donors (Lipinski definition) is 0. The molecule has 0 fully saturated rings.